The first-order valence-corrected chi connectivity index (χ1v) is 9.19. The molecule has 0 bridgehead atoms. The van der Waals surface area contributed by atoms with Crippen LogP contribution in [0.2, 0.25) is 0 Å². The van der Waals surface area contributed by atoms with Crippen LogP contribution in [0.3, 0.4) is 0 Å². The molecule has 1 aromatic carbocycles. The Morgan fingerprint density at radius 3 is 2.71 bits per heavy atom. The van der Waals surface area contributed by atoms with Crippen molar-refractivity contribution in [1.29, 1.82) is 0 Å². The molecular weight excluding hydrogens is 403 g/mol. The van der Waals surface area contributed by atoms with Crippen LogP contribution in [0.4, 0.5) is 22.0 Å². The summed E-state index contributed by atoms with van der Waals surface area (Å²) in [6.45, 7) is 2.03. The van der Waals surface area contributed by atoms with E-state index < -0.39 is 24.9 Å². The van der Waals surface area contributed by atoms with Gasteiger partial charge in [-0.25, -0.2) is 18.8 Å². The lowest BCUT2D eigenvalue weighted by atomic mass is 10.2. The Balaban J connectivity index is 1.96. The average molecular weight is 422 g/mol. The predicted octanol–water partition coefficient (Wildman–Crippen LogP) is 4.06. The Kier molecular flexibility index (Phi) is 7.97. The van der Waals surface area contributed by atoms with Crippen molar-refractivity contribution >= 4 is 17.3 Å². The van der Waals surface area contributed by atoms with Gasteiger partial charge in [0.05, 0.1) is 13.1 Å². The molecule has 5 nitrogen and oxygen atoms in total. The molecule has 0 fully saturated rings. The lowest BCUT2D eigenvalue weighted by Gasteiger charge is -2.11. The zero-order valence-electron chi connectivity index (χ0n) is 14.9. The second-order valence-corrected chi connectivity index (χ2v) is 6.47. The number of halogens is 5. The number of thiazole rings is 1. The second kappa shape index (κ2) is 10.2. The molecule has 2 aromatic rings. The van der Waals surface area contributed by atoms with Gasteiger partial charge in [0.15, 0.2) is 11.7 Å². The number of nitrogens with one attached hydrogen (secondary N) is 2. The highest BCUT2D eigenvalue weighted by Crippen LogP contribution is 2.29. The van der Waals surface area contributed by atoms with Crippen LogP contribution in [-0.2, 0) is 19.3 Å². The molecule has 0 aliphatic heterocycles. The summed E-state index contributed by atoms with van der Waals surface area (Å²) in [5.74, 6) is 0.707. The predicted molar refractivity (Wildman–Crippen MR) is 96.7 cm³/mol. The molecule has 0 aliphatic carbocycles. The van der Waals surface area contributed by atoms with Crippen LogP contribution < -0.4 is 15.4 Å². The van der Waals surface area contributed by atoms with Crippen molar-refractivity contribution in [2.75, 3.05) is 13.2 Å². The topological polar surface area (TPSA) is 58.5 Å². The van der Waals surface area contributed by atoms with E-state index in [-0.39, 0.29) is 18.1 Å². The standard InChI is InChI=1S/C17H19F5N4OS/c1-2-23-16(25-8-15-26-13(10-28-15)17(20,21)22)24-7-11-4-3-5-12(6-11)27-9-14(18)19/h3-6,10,14H,2,7-9H2,1H3,(H2,23,24,25). The highest BCUT2D eigenvalue weighted by atomic mass is 32.1. The number of benzene rings is 1. The highest BCUT2D eigenvalue weighted by molar-refractivity contribution is 7.09. The van der Waals surface area contributed by atoms with Gasteiger partial charge in [-0.15, -0.1) is 11.3 Å². The molecular formula is C17H19F5N4OS. The Bertz CT molecular complexity index is 779. The minimum atomic E-state index is -4.47. The van der Waals surface area contributed by atoms with E-state index in [1.54, 1.807) is 24.3 Å². The Morgan fingerprint density at radius 1 is 1.29 bits per heavy atom. The van der Waals surface area contributed by atoms with Gasteiger partial charge in [-0.1, -0.05) is 12.1 Å². The Labute approximate surface area is 162 Å². The monoisotopic (exact) mass is 422 g/mol. The largest absolute Gasteiger partial charge is 0.488 e. The third-order valence-corrected chi connectivity index (χ3v) is 4.14. The first-order chi connectivity index (χ1) is 13.3. The van der Waals surface area contributed by atoms with Gasteiger partial charge in [0, 0.05) is 11.9 Å². The minimum Gasteiger partial charge on any atom is -0.488 e. The van der Waals surface area contributed by atoms with E-state index in [0.29, 0.717) is 18.3 Å². The lowest BCUT2D eigenvalue weighted by Crippen LogP contribution is -2.36. The zero-order chi connectivity index (χ0) is 20.6. The average Bonchev–Trinajstić information content (AvgIpc) is 3.12. The molecule has 28 heavy (non-hydrogen) atoms. The number of hydrogen-bond acceptors (Lipinski definition) is 4. The summed E-state index contributed by atoms with van der Waals surface area (Å²) in [6, 6.07) is 6.60. The fourth-order valence-electron chi connectivity index (χ4n) is 2.09. The van der Waals surface area contributed by atoms with Crippen LogP contribution >= 0.6 is 11.3 Å². The molecule has 0 aliphatic rings. The smallest absolute Gasteiger partial charge is 0.434 e. The van der Waals surface area contributed by atoms with E-state index in [9.17, 15) is 22.0 Å². The molecule has 0 saturated carbocycles. The number of aliphatic imine (C=N–C) groups is 1. The summed E-state index contributed by atoms with van der Waals surface area (Å²) in [6.07, 6.45) is -7.03. The van der Waals surface area contributed by atoms with E-state index in [1.165, 1.54) is 0 Å². The summed E-state index contributed by atoms with van der Waals surface area (Å²) in [5.41, 5.74) is -0.186. The molecule has 0 atom stereocenters. The van der Waals surface area contributed by atoms with Gasteiger partial charge >= 0.3 is 6.18 Å². The summed E-state index contributed by atoms with van der Waals surface area (Å²) < 4.78 is 67.2. The van der Waals surface area contributed by atoms with Gasteiger partial charge in [0.1, 0.15) is 17.4 Å². The number of ether oxygens (including phenoxy) is 1. The molecule has 0 amide bonds. The van der Waals surface area contributed by atoms with E-state index in [0.717, 1.165) is 22.3 Å². The molecule has 2 N–H and O–H groups in total. The maximum absolute atomic E-state index is 12.6. The van der Waals surface area contributed by atoms with E-state index >= 15 is 0 Å². The van der Waals surface area contributed by atoms with E-state index in [4.69, 9.17) is 4.74 Å². The van der Waals surface area contributed by atoms with Crippen molar-refractivity contribution in [2.45, 2.75) is 32.6 Å². The number of hydrogen-bond donors (Lipinski definition) is 2. The van der Waals surface area contributed by atoms with Gasteiger partial charge in [0.2, 0.25) is 0 Å². The molecule has 154 valence electrons. The van der Waals surface area contributed by atoms with Crippen LogP contribution in [0.1, 0.15) is 23.2 Å². The molecule has 0 spiro atoms. The van der Waals surface area contributed by atoms with Crippen LogP contribution in [0.25, 0.3) is 0 Å². The maximum Gasteiger partial charge on any atom is 0.434 e. The number of aromatic nitrogens is 1. The Hall–Kier alpha value is -2.43. The SMILES string of the molecule is CCNC(=NCc1cccc(OCC(F)F)c1)NCc1nc(C(F)(F)F)cs1. The van der Waals surface area contributed by atoms with E-state index in [2.05, 4.69) is 20.6 Å². The summed E-state index contributed by atoms with van der Waals surface area (Å²) >= 11 is 0.906. The van der Waals surface area contributed by atoms with Gasteiger partial charge in [-0.2, -0.15) is 13.2 Å². The molecule has 1 heterocycles. The third kappa shape index (κ3) is 7.29. The van der Waals surface area contributed by atoms with Crippen LogP contribution in [0, 0.1) is 0 Å². The van der Waals surface area contributed by atoms with Crippen LogP contribution in [-0.4, -0.2) is 30.5 Å². The van der Waals surface area contributed by atoms with Gasteiger partial charge in [-0.3, -0.25) is 0 Å². The van der Waals surface area contributed by atoms with Crippen molar-refractivity contribution in [1.82, 2.24) is 15.6 Å². The molecule has 0 unspecified atom stereocenters. The highest BCUT2D eigenvalue weighted by Gasteiger charge is 2.33. The first kappa shape index (κ1) is 21.9. The second-order valence-electron chi connectivity index (χ2n) is 5.52. The number of rotatable bonds is 8. The van der Waals surface area contributed by atoms with E-state index in [1.807, 2.05) is 6.92 Å². The lowest BCUT2D eigenvalue weighted by molar-refractivity contribution is -0.140. The molecule has 11 heteroatoms. The molecule has 2 rings (SSSR count). The van der Waals surface area contributed by atoms with Crippen molar-refractivity contribution in [3.63, 3.8) is 0 Å². The summed E-state index contributed by atoms with van der Waals surface area (Å²) in [4.78, 5) is 7.88. The minimum absolute atomic E-state index is 0.0874. The van der Waals surface area contributed by atoms with Crippen molar-refractivity contribution < 1.29 is 26.7 Å². The number of alkyl halides is 5. The van der Waals surface area contributed by atoms with Gasteiger partial charge in [0.25, 0.3) is 6.43 Å². The van der Waals surface area contributed by atoms with Crippen molar-refractivity contribution in [3.8, 4) is 5.75 Å². The number of nitrogens with zero attached hydrogens (tertiary/aromatic N) is 2. The fourth-order valence-corrected chi connectivity index (χ4v) is 2.83. The summed E-state index contributed by atoms with van der Waals surface area (Å²) in [5, 5.41) is 7.14. The molecule has 0 saturated heterocycles. The number of guanidine groups is 1. The van der Waals surface area contributed by atoms with Crippen LogP contribution in [0.15, 0.2) is 34.6 Å². The first-order valence-electron chi connectivity index (χ1n) is 8.31. The molecule has 1 aromatic heterocycles. The normalized spacial score (nSPS) is 12.3. The van der Waals surface area contributed by atoms with Gasteiger partial charge < -0.3 is 15.4 Å². The Morgan fingerprint density at radius 2 is 2.07 bits per heavy atom. The maximum atomic E-state index is 12.6. The van der Waals surface area contributed by atoms with Crippen molar-refractivity contribution in [3.05, 3.63) is 45.9 Å². The quantitative estimate of drug-likeness (QED) is 0.383. The zero-order valence-corrected chi connectivity index (χ0v) is 15.7. The summed E-state index contributed by atoms with van der Waals surface area (Å²) in [7, 11) is 0. The third-order valence-electron chi connectivity index (χ3n) is 3.29. The molecule has 0 radical (unpaired) electrons. The van der Waals surface area contributed by atoms with Crippen molar-refractivity contribution in [2.24, 2.45) is 4.99 Å². The fraction of sp³-hybridized carbons (Fsp3) is 0.412. The van der Waals surface area contributed by atoms with Gasteiger partial charge in [-0.05, 0) is 24.6 Å². The van der Waals surface area contributed by atoms with Crippen LogP contribution in [0.5, 0.6) is 5.75 Å².